The lowest BCUT2D eigenvalue weighted by atomic mass is 9.92. The molecule has 0 radical (unpaired) electrons. The van der Waals surface area contributed by atoms with Crippen molar-refractivity contribution in [2.45, 2.75) is 12.3 Å². The Kier molecular flexibility index (Phi) is 4.51. The molecule has 0 aliphatic heterocycles. The van der Waals surface area contributed by atoms with Gasteiger partial charge in [0.15, 0.2) is 0 Å². The van der Waals surface area contributed by atoms with Crippen LogP contribution in [-0.4, -0.2) is 11.7 Å². The SMILES string of the molecule is OCC(Cc1ccc(Cl)cc1F)c1cccc(F)c1. The topological polar surface area (TPSA) is 20.2 Å². The fourth-order valence-electron chi connectivity index (χ4n) is 2.00. The molecule has 2 aromatic carbocycles. The van der Waals surface area contributed by atoms with Crippen molar-refractivity contribution < 1.29 is 13.9 Å². The van der Waals surface area contributed by atoms with Gasteiger partial charge in [-0.25, -0.2) is 8.78 Å². The number of hydrogen-bond donors (Lipinski definition) is 1. The minimum Gasteiger partial charge on any atom is -0.396 e. The summed E-state index contributed by atoms with van der Waals surface area (Å²) in [6, 6.07) is 10.4. The number of rotatable bonds is 4. The second kappa shape index (κ2) is 6.13. The van der Waals surface area contributed by atoms with E-state index in [9.17, 15) is 13.9 Å². The number of halogens is 3. The van der Waals surface area contributed by atoms with Crippen LogP contribution in [0.25, 0.3) is 0 Å². The van der Waals surface area contributed by atoms with E-state index in [0.29, 0.717) is 22.6 Å². The van der Waals surface area contributed by atoms with Crippen LogP contribution in [0.15, 0.2) is 42.5 Å². The Bertz CT molecular complexity index is 572. The van der Waals surface area contributed by atoms with Gasteiger partial charge in [-0.2, -0.15) is 0 Å². The van der Waals surface area contributed by atoms with Gasteiger partial charge in [-0.15, -0.1) is 0 Å². The summed E-state index contributed by atoms with van der Waals surface area (Å²) in [6.07, 6.45) is 0.295. The van der Waals surface area contributed by atoms with E-state index < -0.39 is 5.82 Å². The second-order valence-corrected chi connectivity index (χ2v) is 4.81. The molecule has 0 spiro atoms. The number of aliphatic hydroxyl groups excluding tert-OH is 1. The normalized spacial score (nSPS) is 12.4. The molecule has 4 heteroatoms. The Morgan fingerprint density at radius 3 is 2.53 bits per heavy atom. The number of benzene rings is 2. The molecule has 0 aliphatic rings. The highest BCUT2D eigenvalue weighted by Gasteiger charge is 2.14. The van der Waals surface area contributed by atoms with Crippen LogP contribution in [0.4, 0.5) is 8.78 Å². The van der Waals surface area contributed by atoms with Gasteiger partial charge in [0.2, 0.25) is 0 Å². The maximum atomic E-state index is 13.7. The first-order valence-electron chi connectivity index (χ1n) is 5.90. The van der Waals surface area contributed by atoms with E-state index in [-0.39, 0.29) is 18.3 Å². The molecule has 0 fully saturated rings. The van der Waals surface area contributed by atoms with Crippen LogP contribution in [0.3, 0.4) is 0 Å². The Morgan fingerprint density at radius 1 is 1.11 bits per heavy atom. The summed E-state index contributed by atoms with van der Waals surface area (Å²) < 4.78 is 26.9. The first-order valence-corrected chi connectivity index (χ1v) is 6.28. The summed E-state index contributed by atoms with van der Waals surface area (Å²) in [5.74, 6) is -1.12. The zero-order valence-electron chi connectivity index (χ0n) is 10.1. The number of aliphatic hydroxyl groups is 1. The second-order valence-electron chi connectivity index (χ2n) is 4.37. The van der Waals surface area contributed by atoms with Gasteiger partial charge in [0.1, 0.15) is 11.6 Å². The Balaban J connectivity index is 2.24. The highest BCUT2D eigenvalue weighted by Crippen LogP contribution is 2.24. The Morgan fingerprint density at radius 2 is 1.89 bits per heavy atom. The molecule has 100 valence electrons. The summed E-state index contributed by atoms with van der Waals surface area (Å²) in [4.78, 5) is 0. The average molecular weight is 283 g/mol. The predicted molar refractivity (Wildman–Crippen MR) is 71.3 cm³/mol. The van der Waals surface area contributed by atoms with Gasteiger partial charge in [-0.3, -0.25) is 0 Å². The molecular formula is C15H13ClF2O. The van der Waals surface area contributed by atoms with Crippen LogP contribution >= 0.6 is 11.6 Å². The molecule has 0 heterocycles. The lowest BCUT2D eigenvalue weighted by Crippen LogP contribution is -2.09. The van der Waals surface area contributed by atoms with Gasteiger partial charge in [0.25, 0.3) is 0 Å². The summed E-state index contributed by atoms with van der Waals surface area (Å²) in [6.45, 7) is -0.175. The third-order valence-corrected chi connectivity index (χ3v) is 3.26. The summed E-state index contributed by atoms with van der Waals surface area (Å²) in [5.41, 5.74) is 1.10. The van der Waals surface area contributed by atoms with Crippen LogP contribution in [0.2, 0.25) is 5.02 Å². The zero-order chi connectivity index (χ0) is 13.8. The maximum Gasteiger partial charge on any atom is 0.127 e. The molecule has 0 amide bonds. The van der Waals surface area contributed by atoms with Crippen molar-refractivity contribution in [3.8, 4) is 0 Å². The highest BCUT2D eigenvalue weighted by molar-refractivity contribution is 6.30. The van der Waals surface area contributed by atoms with E-state index in [2.05, 4.69) is 0 Å². The van der Waals surface area contributed by atoms with Crippen LogP contribution in [0, 0.1) is 11.6 Å². The van der Waals surface area contributed by atoms with E-state index >= 15 is 0 Å². The summed E-state index contributed by atoms with van der Waals surface area (Å²) in [5, 5.41) is 9.73. The molecule has 19 heavy (non-hydrogen) atoms. The lowest BCUT2D eigenvalue weighted by Gasteiger charge is -2.15. The quantitative estimate of drug-likeness (QED) is 0.901. The van der Waals surface area contributed by atoms with Crippen LogP contribution < -0.4 is 0 Å². The fraction of sp³-hybridized carbons (Fsp3) is 0.200. The van der Waals surface area contributed by atoms with Gasteiger partial charge < -0.3 is 5.11 Å². The molecular weight excluding hydrogens is 270 g/mol. The molecule has 1 atom stereocenters. The highest BCUT2D eigenvalue weighted by atomic mass is 35.5. The summed E-state index contributed by atoms with van der Waals surface area (Å²) in [7, 11) is 0. The van der Waals surface area contributed by atoms with Gasteiger partial charge in [0.05, 0.1) is 6.61 Å². The van der Waals surface area contributed by atoms with E-state index in [1.54, 1.807) is 24.3 Å². The lowest BCUT2D eigenvalue weighted by molar-refractivity contribution is 0.263. The van der Waals surface area contributed by atoms with Crippen LogP contribution in [0.5, 0.6) is 0 Å². The van der Waals surface area contributed by atoms with E-state index in [0.717, 1.165) is 0 Å². The van der Waals surface area contributed by atoms with Crippen LogP contribution in [-0.2, 0) is 6.42 Å². The van der Waals surface area contributed by atoms with E-state index in [1.807, 2.05) is 0 Å². The summed E-state index contributed by atoms with van der Waals surface area (Å²) >= 11 is 5.69. The van der Waals surface area contributed by atoms with Crippen molar-refractivity contribution in [2.75, 3.05) is 6.61 Å². The first kappa shape index (κ1) is 14.0. The minimum absolute atomic E-state index is 0.175. The van der Waals surface area contributed by atoms with E-state index in [4.69, 9.17) is 11.6 Å². The fourth-order valence-corrected chi connectivity index (χ4v) is 2.16. The molecule has 2 rings (SSSR count). The average Bonchev–Trinajstić information content (AvgIpc) is 2.38. The molecule has 0 aromatic heterocycles. The van der Waals surface area contributed by atoms with E-state index in [1.165, 1.54) is 18.2 Å². The van der Waals surface area contributed by atoms with Crippen molar-refractivity contribution >= 4 is 11.6 Å². The molecule has 0 saturated heterocycles. The van der Waals surface area contributed by atoms with Crippen LogP contribution in [0.1, 0.15) is 17.0 Å². The molecule has 2 aromatic rings. The third kappa shape index (κ3) is 3.52. The molecule has 0 aliphatic carbocycles. The van der Waals surface area contributed by atoms with Gasteiger partial charge in [-0.05, 0) is 41.8 Å². The first-order chi connectivity index (χ1) is 9.10. The van der Waals surface area contributed by atoms with Gasteiger partial charge >= 0.3 is 0 Å². The zero-order valence-corrected chi connectivity index (χ0v) is 10.9. The molecule has 1 nitrogen and oxygen atoms in total. The van der Waals surface area contributed by atoms with Crippen molar-refractivity contribution in [1.82, 2.24) is 0 Å². The van der Waals surface area contributed by atoms with Gasteiger partial charge in [0, 0.05) is 10.9 Å². The molecule has 0 bridgehead atoms. The standard InChI is InChI=1S/C15H13ClF2O/c16-13-5-4-11(15(18)8-13)6-12(9-19)10-2-1-3-14(17)7-10/h1-5,7-8,12,19H,6,9H2. The predicted octanol–water partition coefficient (Wildman–Crippen LogP) is 3.94. The van der Waals surface area contributed by atoms with Crippen molar-refractivity contribution in [1.29, 1.82) is 0 Å². The largest absolute Gasteiger partial charge is 0.396 e. The monoisotopic (exact) mass is 282 g/mol. The molecule has 1 unspecified atom stereocenters. The van der Waals surface area contributed by atoms with Crippen molar-refractivity contribution in [3.63, 3.8) is 0 Å². The number of hydrogen-bond acceptors (Lipinski definition) is 1. The smallest absolute Gasteiger partial charge is 0.127 e. The van der Waals surface area contributed by atoms with Crippen molar-refractivity contribution in [2.24, 2.45) is 0 Å². The van der Waals surface area contributed by atoms with Gasteiger partial charge in [-0.1, -0.05) is 29.8 Å². The molecule has 1 N–H and O–H groups in total. The Hall–Kier alpha value is -1.45. The Labute approximate surface area is 115 Å². The molecule has 0 saturated carbocycles. The third-order valence-electron chi connectivity index (χ3n) is 3.02. The maximum absolute atomic E-state index is 13.7. The minimum atomic E-state index is -0.414. The van der Waals surface area contributed by atoms with Crippen molar-refractivity contribution in [3.05, 3.63) is 70.2 Å².